The molecule has 0 saturated heterocycles. The topological polar surface area (TPSA) is 98.7 Å². The maximum atomic E-state index is 12.7. The van der Waals surface area contributed by atoms with Crippen molar-refractivity contribution in [3.8, 4) is 11.5 Å². The van der Waals surface area contributed by atoms with Gasteiger partial charge in [-0.05, 0) is 36.6 Å². The van der Waals surface area contributed by atoms with Crippen molar-refractivity contribution in [3.63, 3.8) is 0 Å². The van der Waals surface area contributed by atoms with Gasteiger partial charge in [-0.1, -0.05) is 30.3 Å². The molecule has 1 aliphatic heterocycles. The zero-order valence-corrected chi connectivity index (χ0v) is 17.1. The highest BCUT2D eigenvalue weighted by atomic mass is 16.6. The van der Waals surface area contributed by atoms with Gasteiger partial charge in [0.15, 0.2) is 11.5 Å². The van der Waals surface area contributed by atoms with Crippen LogP contribution in [0.15, 0.2) is 59.4 Å². The van der Waals surface area contributed by atoms with Gasteiger partial charge in [0.2, 0.25) is 11.8 Å². The number of hydrogen-bond acceptors (Lipinski definition) is 5. The minimum Gasteiger partial charge on any atom is -0.486 e. The first-order valence-corrected chi connectivity index (χ1v) is 10.0. The Balaban J connectivity index is 1.27. The number of aromatic nitrogens is 1. The summed E-state index contributed by atoms with van der Waals surface area (Å²) in [6.45, 7) is 2.02. The van der Waals surface area contributed by atoms with Gasteiger partial charge in [-0.15, -0.1) is 0 Å². The molecule has 8 heteroatoms. The van der Waals surface area contributed by atoms with E-state index in [1.165, 1.54) is 4.57 Å². The highest BCUT2D eigenvalue weighted by molar-refractivity contribution is 5.85. The summed E-state index contributed by atoms with van der Waals surface area (Å²) in [5, 5.41) is 6.66. The predicted octanol–water partition coefficient (Wildman–Crippen LogP) is 1.38. The van der Waals surface area contributed by atoms with E-state index in [1.807, 2.05) is 36.4 Å². The number of nitrogens with zero attached hydrogens (tertiary/aromatic N) is 1. The predicted molar refractivity (Wildman–Crippen MR) is 115 cm³/mol. The Bertz CT molecular complexity index is 1190. The lowest BCUT2D eigenvalue weighted by molar-refractivity contribution is -0.126. The number of pyridine rings is 1. The van der Waals surface area contributed by atoms with Crippen molar-refractivity contribution in [2.24, 2.45) is 0 Å². The molecule has 1 atom stereocenters. The van der Waals surface area contributed by atoms with Crippen LogP contribution in [0.2, 0.25) is 0 Å². The van der Waals surface area contributed by atoms with E-state index in [4.69, 9.17) is 9.47 Å². The lowest BCUT2D eigenvalue weighted by Gasteiger charge is -2.26. The summed E-state index contributed by atoms with van der Waals surface area (Å²) in [5.41, 5.74) is 0.447. The van der Waals surface area contributed by atoms with Crippen molar-refractivity contribution >= 4 is 22.6 Å². The number of hydrogen-bond donors (Lipinski definition) is 2. The second kappa shape index (κ2) is 8.91. The summed E-state index contributed by atoms with van der Waals surface area (Å²) in [6.07, 6.45) is -0.312. The van der Waals surface area contributed by atoms with Gasteiger partial charge < -0.3 is 24.7 Å². The third-order valence-electron chi connectivity index (χ3n) is 5.07. The van der Waals surface area contributed by atoms with Crippen molar-refractivity contribution in [1.82, 2.24) is 15.2 Å². The van der Waals surface area contributed by atoms with E-state index in [-0.39, 0.29) is 37.2 Å². The number of fused-ring (bicyclic) bond motifs is 2. The molecule has 0 radical (unpaired) electrons. The van der Waals surface area contributed by atoms with Crippen molar-refractivity contribution in [3.05, 3.63) is 70.6 Å². The molecule has 8 nitrogen and oxygen atoms in total. The minimum atomic E-state index is -0.415. The second-order valence-electron chi connectivity index (χ2n) is 7.34. The molecule has 2 aromatic carbocycles. The van der Waals surface area contributed by atoms with Crippen LogP contribution in [0.3, 0.4) is 0 Å². The maximum absolute atomic E-state index is 12.7. The first kappa shape index (κ1) is 20.5. The average molecular weight is 421 g/mol. The van der Waals surface area contributed by atoms with Crippen LogP contribution in [0.4, 0.5) is 0 Å². The monoisotopic (exact) mass is 421 g/mol. The molecule has 0 bridgehead atoms. The number of amides is 2. The smallest absolute Gasteiger partial charge is 0.259 e. The molecule has 0 saturated carbocycles. The molecule has 2 N–H and O–H groups in total. The zero-order valence-electron chi connectivity index (χ0n) is 17.1. The highest BCUT2D eigenvalue weighted by Gasteiger charge is 2.21. The molecular formula is C23H23N3O5. The summed E-state index contributed by atoms with van der Waals surface area (Å²) in [4.78, 5) is 37.1. The SMILES string of the molecule is Cc1cc2ccccc2c(=O)n1CC(=O)NCC(=O)NC[C@H]1COc2ccccc2O1. The maximum Gasteiger partial charge on any atom is 0.259 e. The summed E-state index contributed by atoms with van der Waals surface area (Å²) < 4.78 is 12.8. The van der Waals surface area contributed by atoms with Gasteiger partial charge in [-0.3, -0.25) is 14.4 Å². The molecule has 2 heterocycles. The lowest BCUT2D eigenvalue weighted by atomic mass is 10.1. The van der Waals surface area contributed by atoms with E-state index in [2.05, 4.69) is 10.6 Å². The van der Waals surface area contributed by atoms with Crippen LogP contribution in [0.1, 0.15) is 5.69 Å². The van der Waals surface area contributed by atoms with E-state index in [9.17, 15) is 14.4 Å². The van der Waals surface area contributed by atoms with Crippen LogP contribution in [0.5, 0.6) is 11.5 Å². The Morgan fingerprint density at radius 1 is 1.03 bits per heavy atom. The first-order valence-electron chi connectivity index (χ1n) is 10.0. The number of benzene rings is 2. The fraction of sp³-hybridized carbons (Fsp3) is 0.261. The third kappa shape index (κ3) is 4.69. The van der Waals surface area contributed by atoms with Crippen LogP contribution in [0.25, 0.3) is 10.8 Å². The van der Waals surface area contributed by atoms with Gasteiger partial charge in [-0.25, -0.2) is 0 Å². The Morgan fingerprint density at radius 3 is 2.61 bits per heavy atom. The second-order valence-corrected chi connectivity index (χ2v) is 7.34. The van der Waals surface area contributed by atoms with Gasteiger partial charge in [0.25, 0.3) is 5.56 Å². The summed E-state index contributed by atoms with van der Waals surface area (Å²) in [5.74, 6) is 0.550. The third-order valence-corrected chi connectivity index (χ3v) is 5.07. The van der Waals surface area contributed by atoms with E-state index < -0.39 is 5.91 Å². The average Bonchev–Trinajstić information content (AvgIpc) is 2.79. The fourth-order valence-corrected chi connectivity index (χ4v) is 3.45. The van der Waals surface area contributed by atoms with Gasteiger partial charge in [0.05, 0.1) is 13.1 Å². The van der Waals surface area contributed by atoms with Crippen molar-refractivity contribution in [1.29, 1.82) is 0 Å². The molecule has 0 spiro atoms. The van der Waals surface area contributed by atoms with E-state index in [0.29, 0.717) is 29.2 Å². The number of rotatable bonds is 6. The van der Waals surface area contributed by atoms with Gasteiger partial charge in [0, 0.05) is 11.1 Å². The van der Waals surface area contributed by atoms with E-state index >= 15 is 0 Å². The Labute approximate surface area is 178 Å². The Kier molecular flexibility index (Phi) is 5.88. The van der Waals surface area contributed by atoms with E-state index in [0.717, 1.165) is 5.39 Å². The molecule has 0 unspecified atom stereocenters. The first-order chi connectivity index (χ1) is 15.0. The van der Waals surface area contributed by atoms with Crippen molar-refractivity contribution in [2.45, 2.75) is 19.6 Å². The number of nitrogens with one attached hydrogen (secondary N) is 2. The van der Waals surface area contributed by atoms with Gasteiger partial charge in [-0.2, -0.15) is 0 Å². The largest absolute Gasteiger partial charge is 0.486 e. The molecule has 0 aliphatic carbocycles. The molecule has 3 aromatic rings. The molecule has 1 aliphatic rings. The summed E-state index contributed by atoms with van der Waals surface area (Å²) in [7, 11) is 0. The van der Waals surface area contributed by atoms with E-state index in [1.54, 1.807) is 25.1 Å². The van der Waals surface area contributed by atoms with Crippen molar-refractivity contribution in [2.75, 3.05) is 19.7 Å². The van der Waals surface area contributed by atoms with Crippen LogP contribution >= 0.6 is 0 Å². The zero-order chi connectivity index (χ0) is 21.8. The Hall–Kier alpha value is -3.81. The molecule has 1 aromatic heterocycles. The highest BCUT2D eigenvalue weighted by Crippen LogP contribution is 2.30. The van der Waals surface area contributed by atoms with Crippen LogP contribution in [-0.4, -0.2) is 42.2 Å². The molecule has 31 heavy (non-hydrogen) atoms. The fourth-order valence-electron chi connectivity index (χ4n) is 3.45. The van der Waals surface area contributed by atoms with Crippen LogP contribution in [-0.2, 0) is 16.1 Å². The lowest BCUT2D eigenvalue weighted by Crippen LogP contribution is -2.45. The minimum absolute atomic E-state index is 0.154. The summed E-state index contributed by atoms with van der Waals surface area (Å²) >= 11 is 0. The number of ether oxygens (including phenoxy) is 2. The number of carbonyl (C=O) groups excluding carboxylic acids is 2. The standard InChI is InChI=1S/C23H23N3O5/c1-15-10-16-6-2-3-7-18(16)23(29)26(15)13-22(28)25-12-21(27)24-11-17-14-30-19-8-4-5-9-20(19)31-17/h2-10,17H,11-14H2,1H3,(H,24,27)(H,25,28)/t17-/m0/s1. The molecule has 0 fully saturated rings. The van der Waals surface area contributed by atoms with Gasteiger partial charge in [0.1, 0.15) is 19.3 Å². The number of aryl methyl sites for hydroxylation is 1. The molecule has 2 amide bonds. The summed E-state index contributed by atoms with van der Waals surface area (Å²) in [6, 6.07) is 16.4. The normalized spacial score (nSPS) is 14.8. The van der Waals surface area contributed by atoms with Gasteiger partial charge >= 0.3 is 0 Å². The molecule has 160 valence electrons. The Morgan fingerprint density at radius 2 is 1.77 bits per heavy atom. The van der Waals surface area contributed by atoms with Crippen LogP contribution in [0, 0.1) is 6.92 Å². The number of carbonyl (C=O) groups is 2. The molecule has 4 rings (SSSR count). The quantitative estimate of drug-likeness (QED) is 0.627. The molecular weight excluding hydrogens is 398 g/mol. The van der Waals surface area contributed by atoms with Crippen molar-refractivity contribution < 1.29 is 19.1 Å². The van der Waals surface area contributed by atoms with Crippen LogP contribution < -0.4 is 25.7 Å². The number of para-hydroxylation sites is 2.